The van der Waals surface area contributed by atoms with Crippen LogP contribution in [0.4, 0.5) is 18.9 Å². The van der Waals surface area contributed by atoms with Gasteiger partial charge in [-0.2, -0.15) is 0 Å². The van der Waals surface area contributed by atoms with Gasteiger partial charge >= 0.3 is 12.3 Å². The topological polar surface area (TPSA) is 46.6 Å². The zero-order chi connectivity index (χ0) is 21.0. The van der Waals surface area contributed by atoms with Crippen molar-refractivity contribution in [2.75, 3.05) is 4.90 Å². The van der Waals surface area contributed by atoms with Gasteiger partial charge in [0, 0.05) is 5.02 Å². The second-order valence-electron chi connectivity index (χ2n) is 5.84. The lowest BCUT2D eigenvalue weighted by Crippen LogP contribution is -2.43. The number of esters is 1. The van der Waals surface area contributed by atoms with Crippen molar-refractivity contribution in [3.05, 3.63) is 95.0 Å². The third-order valence-corrected chi connectivity index (χ3v) is 4.09. The molecule has 0 bridgehead atoms. The average molecular weight is 420 g/mol. The number of hydrogen-bond acceptors (Lipinski definition) is 3. The van der Waals surface area contributed by atoms with Crippen LogP contribution in [0.3, 0.4) is 0 Å². The highest BCUT2D eigenvalue weighted by Gasteiger charge is 2.43. The Hall–Kier alpha value is -3.32. The average Bonchev–Trinajstić information content (AvgIpc) is 2.69. The summed E-state index contributed by atoms with van der Waals surface area (Å²) < 4.78 is 46.2. The minimum Gasteiger partial charge on any atom is -0.422 e. The standard InChI is InChI=1S/C21H13ClF3NO3/c22-15-11-12-18(29-20(28)14-7-3-1-4-8-14)17(13-15)19(27)26(21(23,24)25)16-9-5-2-6-10-16/h1-13H. The fraction of sp³-hybridized carbons (Fsp3) is 0.0476. The lowest BCUT2D eigenvalue weighted by atomic mass is 10.1. The first-order valence-corrected chi connectivity index (χ1v) is 8.68. The highest BCUT2D eigenvalue weighted by atomic mass is 35.5. The molecule has 3 rings (SSSR count). The van der Waals surface area contributed by atoms with E-state index >= 15 is 0 Å². The molecule has 0 saturated carbocycles. The first kappa shape index (κ1) is 20.4. The molecule has 0 spiro atoms. The molecule has 0 aliphatic heterocycles. The Labute approximate surface area is 169 Å². The second kappa shape index (κ2) is 8.36. The number of para-hydroxylation sites is 1. The molecular weight excluding hydrogens is 407 g/mol. The van der Waals surface area contributed by atoms with Crippen molar-refractivity contribution in [1.82, 2.24) is 0 Å². The summed E-state index contributed by atoms with van der Waals surface area (Å²) >= 11 is 5.89. The third-order valence-electron chi connectivity index (χ3n) is 3.86. The Morgan fingerprint density at radius 3 is 2.03 bits per heavy atom. The summed E-state index contributed by atoms with van der Waals surface area (Å²) in [5.74, 6) is -2.58. The van der Waals surface area contributed by atoms with E-state index in [0.717, 1.165) is 18.2 Å². The molecule has 4 nitrogen and oxygen atoms in total. The minimum atomic E-state index is -5.01. The van der Waals surface area contributed by atoms with Crippen LogP contribution in [-0.2, 0) is 0 Å². The summed E-state index contributed by atoms with van der Waals surface area (Å²) in [5.41, 5.74) is -0.704. The number of anilines is 1. The van der Waals surface area contributed by atoms with Gasteiger partial charge in [-0.3, -0.25) is 4.79 Å². The van der Waals surface area contributed by atoms with E-state index in [0.29, 0.717) is 0 Å². The molecule has 0 radical (unpaired) electrons. The number of carbonyl (C=O) groups is 2. The predicted octanol–water partition coefficient (Wildman–Crippen LogP) is 5.73. The zero-order valence-electron chi connectivity index (χ0n) is 14.7. The smallest absolute Gasteiger partial charge is 0.422 e. The number of benzene rings is 3. The number of amides is 1. The molecule has 0 heterocycles. The van der Waals surface area contributed by atoms with Crippen molar-refractivity contribution in [2.45, 2.75) is 6.30 Å². The van der Waals surface area contributed by atoms with Crippen molar-refractivity contribution in [3.63, 3.8) is 0 Å². The lowest BCUT2D eigenvalue weighted by molar-refractivity contribution is -0.122. The minimum absolute atomic E-state index is 0.0167. The van der Waals surface area contributed by atoms with Gasteiger partial charge in [0.05, 0.1) is 16.8 Å². The molecule has 8 heteroatoms. The summed E-state index contributed by atoms with van der Waals surface area (Å²) in [6.45, 7) is 0. The second-order valence-corrected chi connectivity index (χ2v) is 6.28. The number of alkyl halides is 3. The van der Waals surface area contributed by atoms with E-state index in [1.165, 1.54) is 42.5 Å². The molecule has 0 N–H and O–H groups in total. The van der Waals surface area contributed by atoms with Crippen LogP contribution in [-0.4, -0.2) is 18.2 Å². The van der Waals surface area contributed by atoms with E-state index in [2.05, 4.69) is 0 Å². The molecule has 0 aliphatic rings. The van der Waals surface area contributed by atoms with Crippen molar-refractivity contribution in [1.29, 1.82) is 0 Å². The molecule has 1 amide bonds. The van der Waals surface area contributed by atoms with Gasteiger partial charge in [-0.25, -0.2) is 9.69 Å². The maximum Gasteiger partial charge on any atom is 0.491 e. The normalized spacial score (nSPS) is 11.0. The summed E-state index contributed by atoms with van der Waals surface area (Å²) in [6.07, 6.45) is -5.01. The highest BCUT2D eigenvalue weighted by molar-refractivity contribution is 6.31. The van der Waals surface area contributed by atoms with Gasteiger partial charge < -0.3 is 4.74 Å². The monoisotopic (exact) mass is 419 g/mol. The Balaban J connectivity index is 2.01. The van der Waals surface area contributed by atoms with Gasteiger partial charge in [-0.05, 0) is 42.5 Å². The summed E-state index contributed by atoms with van der Waals surface area (Å²) in [5, 5.41) is 0.0167. The first-order chi connectivity index (χ1) is 13.8. The van der Waals surface area contributed by atoms with Gasteiger partial charge in [0.15, 0.2) is 0 Å². The maximum atomic E-state index is 13.7. The van der Waals surface area contributed by atoms with E-state index in [9.17, 15) is 22.8 Å². The van der Waals surface area contributed by atoms with Crippen molar-refractivity contribution >= 4 is 29.2 Å². The molecule has 0 unspecified atom stereocenters. The molecule has 0 aliphatic carbocycles. The molecule has 0 atom stereocenters. The molecule has 0 saturated heterocycles. The van der Waals surface area contributed by atoms with Gasteiger partial charge in [0.1, 0.15) is 5.75 Å². The zero-order valence-corrected chi connectivity index (χ0v) is 15.4. The quantitative estimate of drug-likeness (QED) is 0.308. The van der Waals surface area contributed by atoms with E-state index < -0.39 is 23.7 Å². The van der Waals surface area contributed by atoms with Crippen LogP contribution in [0.25, 0.3) is 0 Å². The Morgan fingerprint density at radius 1 is 0.862 bits per heavy atom. The lowest BCUT2D eigenvalue weighted by Gasteiger charge is -2.25. The molecule has 148 valence electrons. The fourth-order valence-electron chi connectivity index (χ4n) is 2.57. The van der Waals surface area contributed by atoms with Crippen LogP contribution < -0.4 is 9.64 Å². The van der Waals surface area contributed by atoms with Crippen LogP contribution >= 0.6 is 11.6 Å². The molecule has 3 aromatic rings. The van der Waals surface area contributed by atoms with E-state index in [-0.39, 0.29) is 26.9 Å². The summed E-state index contributed by atoms with van der Waals surface area (Å²) in [7, 11) is 0. The molecule has 3 aromatic carbocycles. The maximum absolute atomic E-state index is 13.7. The number of rotatable bonds is 4. The predicted molar refractivity (Wildman–Crippen MR) is 102 cm³/mol. The summed E-state index contributed by atoms with van der Waals surface area (Å²) in [6, 6.07) is 17.9. The number of hydrogen-bond donors (Lipinski definition) is 0. The van der Waals surface area contributed by atoms with Crippen LogP contribution in [0.1, 0.15) is 20.7 Å². The van der Waals surface area contributed by atoms with E-state index in [1.807, 2.05) is 0 Å². The third kappa shape index (κ3) is 4.75. The van der Waals surface area contributed by atoms with Crippen molar-refractivity contribution in [3.8, 4) is 5.75 Å². The number of ether oxygens (including phenoxy) is 1. The number of halogens is 4. The molecule has 0 fully saturated rings. The van der Waals surface area contributed by atoms with Gasteiger partial charge in [0.2, 0.25) is 0 Å². The SMILES string of the molecule is O=C(Oc1ccc(Cl)cc1C(=O)N(c1ccccc1)C(F)(F)F)c1ccccc1. The van der Waals surface area contributed by atoms with Crippen LogP contribution in [0.2, 0.25) is 5.02 Å². The number of carbonyl (C=O) groups excluding carboxylic acids is 2. The van der Waals surface area contributed by atoms with Crippen LogP contribution in [0.5, 0.6) is 5.75 Å². The molecule has 29 heavy (non-hydrogen) atoms. The summed E-state index contributed by atoms with van der Waals surface area (Å²) in [4.78, 5) is 24.8. The first-order valence-electron chi connectivity index (χ1n) is 8.30. The highest BCUT2D eigenvalue weighted by Crippen LogP contribution is 2.33. The number of nitrogens with zero attached hydrogens (tertiary/aromatic N) is 1. The van der Waals surface area contributed by atoms with E-state index in [1.54, 1.807) is 18.2 Å². The van der Waals surface area contributed by atoms with Crippen molar-refractivity contribution in [2.24, 2.45) is 0 Å². The molecule has 0 aromatic heterocycles. The largest absolute Gasteiger partial charge is 0.491 e. The van der Waals surface area contributed by atoms with Crippen LogP contribution in [0, 0.1) is 0 Å². The van der Waals surface area contributed by atoms with Crippen molar-refractivity contribution < 1.29 is 27.5 Å². The Kier molecular flexibility index (Phi) is 5.89. The van der Waals surface area contributed by atoms with Crippen LogP contribution in [0.15, 0.2) is 78.9 Å². The Morgan fingerprint density at radius 2 is 1.45 bits per heavy atom. The Bertz CT molecular complexity index is 1020. The van der Waals surface area contributed by atoms with Gasteiger partial charge in [-0.1, -0.05) is 48.0 Å². The van der Waals surface area contributed by atoms with Gasteiger partial charge in [-0.15, -0.1) is 13.2 Å². The van der Waals surface area contributed by atoms with Gasteiger partial charge in [0.25, 0.3) is 5.91 Å². The van der Waals surface area contributed by atoms with E-state index in [4.69, 9.17) is 16.3 Å². The fourth-order valence-corrected chi connectivity index (χ4v) is 2.74. The molecular formula is C21H13ClF3NO3.